The van der Waals surface area contributed by atoms with Gasteiger partial charge in [-0.05, 0) is 18.4 Å². The predicted octanol–water partition coefficient (Wildman–Crippen LogP) is 2.46. The van der Waals surface area contributed by atoms with E-state index >= 15 is 0 Å². The molecule has 0 bridgehead atoms. The van der Waals surface area contributed by atoms with E-state index in [9.17, 15) is 4.79 Å². The van der Waals surface area contributed by atoms with E-state index in [1.54, 1.807) is 4.68 Å². The molecule has 0 atom stereocenters. The van der Waals surface area contributed by atoms with Crippen LogP contribution in [0.3, 0.4) is 0 Å². The predicted molar refractivity (Wildman–Crippen MR) is 81.6 cm³/mol. The highest BCUT2D eigenvalue weighted by molar-refractivity contribution is 5.87. The summed E-state index contributed by atoms with van der Waals surface area (Å²) in [5.74, 6) is -0.479. The smallest absolute Gasteiger partial charge is 0.356 e. The van der Waals surface area contributed by atoms with Crippen molar-refractivity contribution in [2.75, 3.05) is 7.11 Å². The zero-order chi connectivity index (χ0) is 16.2. The maximum Gasteiger partial charge on any atom is 0.356 e. The van der Waals surface area contributed by atoms with Crippen LogP contribution in [0.2, 0.25) is 0 Å². The third-order valence-electron chi connectivity index (χ3n) is 3.99. The van der Waals surface area contributed by atoms with Gasteiger partial charge in [0, 0.05) is 6.07 Å². The Morgan fingerprint density at radius 2 is 2.13 bits per heavy atom. The van der Waals surface area contributed by atoms with Crippen LogP contribution in [0.5, 0.6) is 0 Å². The molecule has 1 fully saturated rings. The fraction of sp³-hybridized carbons (Fsp3) is 0.353. The zero-order valence-corrected chi connectivity index (χ0v) is 12.8. The van der Waals surface area contributed by atoms with Crippen molar-refractivity contribution in [1.82, 2.24) is 9.78 Å². The van der Waals surface area contributed by atoms with E-state index in [2.05, 4.69) is 5.10 Å². The summed E-state index contributed by atoms with van der Waals surface area (Å²) in [6, 6.07) is 13.5. The first kappa shape index (κ1) is 15.3. The van der Waals surface area contributed by atoms with E-state index in [1.807, 2.05) is 36.4 Å². The van der Waals surface area contributed by atoms with Gasteiger partial charge in [-0.2, -0.15) is 10.4 Å². The van der Waals surface area contributed by atoms with E-state index in [0.717, 1.165) is 18.4 Å². The summed E-state index contributed by atoms with van der Waals surface area (Å²) in [6.45, 7) is 0.574. The quantitative estimate of drug-likeness (QED) is 0.793. The molecule has 6 heteroatoms. The average Bonchev–Trinajstić information content (AvgIpc) is 2.97. The van der Waals surface area contributed by atoms with Crippen LogP contribution in [0, 0.1) is 11.3 Å². The molecule has 0 unspecified atom stereocenters. The lowest BCUT2D eigenvalue weighted by Gasteiger charge is -2.35. The van der Waals surface area contributed by atoms with Crippen LogP contribution in [0.1, 0.15) is 40.6 Å². The molecule has 6 nitrogen and oxygen atoms in total. The number of nitrogens with zero attached hydrogens (tertiary/aromatic N) is 3. The Labute approximate surface area is 134 Å². The normalized spacial score (nSPS) is 19.7. The van der Waals surface area contributed by atoms with Crippen LogP contribution in [0.15, 0.2) is 36.4 Å². The maximum absolute atomic E-state index is 11.8. The molecule has 1 aromatic carbocycles. The molecule has 0 radical (unpaired) electrons. The molecule has 0 spiro atoms. The first-order valence-electron chi connectivity index (χ1n) is 7.44. The summed E-state index contributed by atoms with van der Waals surface area (Å²) in [4.78, 5) is 11.8. The number of methoxy groups -OCH3 is 1. The van der Waals surface area contributed by atoms with Gasteiger partial charge in [0.05, 0.1) is 25.9 Å². The molecular formula is C17H17N3O3. The van der Waals surface area contributed by atoms with Gasteiger partial charge in [0.25, 0.3) is 0 Å². The number of esters is 1. The summed E-state index contributed by atoms with van der Waals surface area (Å²) in [5.41, 5.74) is 1.67. The zero-order valence-electron chi connectivity index (χ0n) is 12.8. The third-order valence-corrected chi connectivity index (χ3v) is 3.99. The summed E-state index contributed by atoms with van der Waals surface area (Å²) in [6.07, 6.45) is 1.67. The monoisotopic (exact) mass is 311 g/mol. The number of carbonyl (C=O) groups is 1. The van der Waals surface area contributed by atoms with Gasteiger partial charge in [-0.25, -0.2) is 4.79 Å². The Hall–Kier alpha value is -2.65. The van der Waals surface area contributed by atoms with Gasteiger partial charge < -0.3 is 9.47 Å². The first-order valence-corrected chi connectivity index (χ1v) is 7.44. The van der Waals surface area contributed by atoms with Gasteiger partial charge in [0.15, 0.2) is 5.69 Å². The summed E-state index contributed by atoms with van der Waals surface area (Å²) >= 11 is 0. The minimum Gasteiger partial charge on any atom is -0.464 e. The number of hydrogen-bond donors (Lipinski definition) is 0. The molecule has 1 saturated carbocycles. The summed E-state index contributed by atoms with van der Waals surface area (Å²) < 4.78 is 12.2. The first-order chi connectivity index (χ1) is 11.2. The number of benzene rings is 1. The molecule has 0 saturated heterocycles. The molecular weight excluding hydrogens is 294 g/mol. The van der Waals surface area contributed by atoms with Crippen LogP contribution >= 0.6 is 0 Å². The SMILES string of the molecule is COC(=O)c1cc(C#N)nn1C1CC(OCc2ccccc2)C1. The number of nitriles is 1. The molecule has 1 aromatic heterocycles. The fourth-order valence-corrected chi connectivity index (χ4v) is 2.65. The minimum absolute atomic E-state index is 0.0620. The van der Waals surface area contributed by atoms with Crippen molar-refractivity contribution in [3.8, 4) is 6.07 Å². The Morgan fingerprint density at radius 1 is 1.39 bits per heavy atom. The molecule has 1 aliphatic carbocycles. The second kappa shape index (κ2) is 6.63. The lowest BCUT2D eigenvalue weighted by Crippen LogP contribution is -2.35. The molecule has 0 N–H and O–H groups in total. The molecule has 1 aliphatic rings. The molecule has 118 valence electrons. The maximum atomic E-state index is 11.8. The largest absolute Gasteiger partial charge is 0.464 e. The van der Waals surface area contributed by atoms with Crippen LogP contribution in [-0.2, 0) is 16.1 Å². The minimum atomic E-state index is -0.479. The third kappa shape index (κ3) is 3.25. The van der Waals surface area contributed by atoms with Crippen molar-refractivity contribution in [3.63, 3.8) is 0 Å². The Bertz CT molecular complexity index is 727. The second-order valence-corrected chi connectivity index (χ2v) is 5.51. The lowest BCUT2D eigenvalue weighted by molar-refractivity contribution is -0.0391. The van der Waals surface area contributed by atoms with Gasteiger partial charge in [-0.15, -0.1) is 0 Å². The van der Waals surface area contributed by atoms with Crippen molar-refractivity contribution in [3.05, 3.63) is 53.3 Å². The highest BCUT2D eigenvalue weighted by atomic mass is 16.5. The average molecular weight is 311 g/mol. The highest BCUT2D eigenvalue weighted by Crippen LogP contribution is 2.35. The molecule has 1 heterocycles. The Kier molecular flexibility index (Phi) is 4.40. The number of hydrogen-bond acceptors (Lipinski definition) is 5. The standard InChI is InChI=1S/C17H17N3O3/c1-22-17(21)16-7-13(10-18)19-20(16)14-8-15(9-14)23-11-12-5-3-2-4-6-12/h2-7,14-15H,8-9,11H2,1H3. The molecule has 23 heavy (non-hydrogen) atoms. The van der Waals surface area contributed by atoms with Gasteiger partial charge >= 0.3 is 5.97 Å². The van der Waals surface area contributed by atoms with E-state index in [0.29, 0.717) is 12.3 Å². The molecule has 3 rings (SSSR count). The molecule has 0 aliphatic heterocycles. The van der Waals surface area contributed by atoms with Gasteiger partial charge in [0.2, 0.25) is 0 Å². The number of aromatic nitrogens is 2. The van der Waals surface area contributed by atoms with Crippen LogP contribution in [0.25, 0.3) is 0 Å². The van der Waals surface area contributed by atoms with E-state index in [-0.39, 0.29) is 17.8 Å². The van der Waals surface area contributed by atoms with Gasteiger partial charge in [-0.3, -0.25) is 4.68 Å². The van der Waals surface area contributed by atoms with Gasteiger partial charge in [-0.1, -0.05) is 30.3 Å². The van der Waals surface area contributed by atoms with Crippen LogP contribution in [0.4, 0.5) is 0 Å². The fourth-order valence-electron chi connectivity index (χ4n) is 2.65. The Balaban J connectivity index is 1.60. The van der Waals surface area contributed by atoms with Crippen LogP contribution < -0.4 is 0 Å². The summed E-state index contributed by atoms with van der Waals surface area (Å²) in [5, 5.41) is 13.1. The van der Waals surface area contributed by atoms with Crippen molar-refractivity contribution >= 4 is 5.97 Å². The van der Waals surface area contributed by atoms with E-state index < -0.39 is 5.97 Å². The van der Waals surface area contributed by atoms with Crippen molar-refractivity contribution < 1.29 is 14.3 Å². The summed E-state index contributed by atoms with van der Waals surface area (Å²) in [7, 11) is 1.32. The van der Waals surface area contributed by atoms with E-state index in [4.69, 9.17) is 14.7 Å². The van der Waals surface area contributed by atoms with Crippen molar-refractivity contribution in [2.24, 2.45) is 0 Å². The van der Waals surface area contributed by atoms with Crippen LogP contribution in [-0.4, -0.2) is 29.0 Å². The topological polar surface area (TPSA) is 77.1 Å². The van der Waals surface area contributed by atoms with E-state index in [1.165, 1.54) is 13.2 Å². The Morgan fingerprint density at radius 3 is 2.78 bits per heavy atom. The van der Waals surface area contributed by atoms with Crippen molar-refractivity contribution in [2.45, 2.75) is 31.6 Å². The molecule has 2 aromatic rings. The van der Waals surface area contributed by atoms with Crippen molar-refractivity contribution in [1.29, 1.82) is 5.26 Å². The number of ether oxygens (including phenoxy) is 2. The lowest BCUT2D eigenvalue weighted by atomic mass is 9.89. The second-order valence-electron chi connectivity index (χ2n) is 5.51. The number of rotatable bonds is 5. The molecule has 0 amide bonds. The number of carbonyl (C=O) groups excluding carboxylic acids is 1. The van der Waals surface area contributed by atoms with Gasteiger partial charge in [0.1, 0.15) is 11.8 Å². The highest BCUT2D eigenvalue weighted by Gasteiger charge is 2.34.